The van der Waals surface area contributed by atoms with E-state index in [9.17, 15) is 9.18 Å². The summed E-state index contributed by atoms with van der Waals surface area (Å²) in [4.78, 5) is 19.7. The first-order valence-electron chi connectivity index (χ1n) is 10.8. The first-order valence-corrected chi connectivity index (χ1v) is 10.8. The van der Waals surface area contributed by atoms with Crippen molar-refractivity contribution in [3.05, 3.63) is 65.7 Å². The summed E-state index contributed by atoms with van der Waals surface area (Å²) in [5.41, 5.74) is 3.77. The van der Waals surface area contributed by atoms with Gasteiger partial charge in [0.05, 0.1) is 12.5 Å². The number of hydrogen-bond acceptors (Lipinski definition) is 4. The van der Waals surface area contributed by atoms with Gasteiger partial charge in [0, 0.05) is 30.9 Å². The summed E-state index contributed by atoms with van der Waals surface area (Å²) in [6.07, 6.45) is 0.894. The maximum Gasteiger partial charge on any atom is 0.227 e. The van der Waals surface area contributed by atoms with Gasteiger partial charge >= 0.3 is 0 Å². The Kier molecular flexibility index (Phi) is 5.19. The lowest BCUT2D eigenvalue weighted by molar-refractivity contribution is -0.136. The smallest absolute Gasteiger partial charge is 0.227 e. The highest BCUT2D eigenvalue weighted by molar-refractivity contribution is 5.80. The zero-order valence-electron chi connectivity index (χ0n) is 17.6. The van der Waals surface area contributed by atoms with E-state index in [4.69, 9.17) is 4.98 Å². The van der Waals surface area contributed by atoms with Gasteiger partial charge in [0.25, 0.3) is 0 Å². The zero-order chi connectivity index (χ0) is 21.4. The minimum Gasteiger partial charge on any atom is -0.340 e. The van der Waals surface area contributed by atoms with Crippen molar-refractivity contribution in [1.82, 2.24) is 19.8 Å². The molecule has 1 atom stereocenters. The summed E-state index contributed by atoms with van der Waals surface area (Å²) in [5.74, 6) is 1.71. The van der Waals surface area contributed by atoms with Gasteiger partial charge < -0.3 is 20.1 Å². The molecule has 1 aromatic heterocycles. The normalized spacial score (nSPS) is 18.1. The molecule has 0 saturated carbocycles. The summed E-state index contributed by atoms with van der Waals surface area (Å²) >= 11 is 0. The molecule has 3 heterocycles. The molecule has 0 spiro atoms. The quantitative estimate of drug-likeness (QED) is 0.677. The van der Waals surface area contributed by atoms with Crippen LogP contribution in [0.2, 0.25) is 0 Å². The number of anilines is 2. The number of carbonyl (C=O) groups excluding carboxylic acids is 1. The highest BCUT2D eigenvalue weighted by atomic mass is 19.1. The molecule has 1 saturated heterocycles. The number of nitrogens with one attached hydrogen (secondary N) is 2. The number of benzene rings is 2. The van der Waals surface area contributed by atoms with Crippen LogP contribution in [0.3, 0.4) is 0 Å². The first kappa shape index (κ1) is 19.8. The van der Waals surface area contributed by atoms with Crippen molar-refractivity contribution in [3.63, 3.8) is 0 Å². The SMILES string of the molecule is Cc1ccc(Nc2c(-c3ccc(F)cc3)nc3n2CCN(C(=O)C2CCNC2)C3)cc1. The fourth-order valence-electron chi connectivity index (χ4n) is 4.35. The molecule has 0 radical (unpaired) electrons. The predicted molar refractivity (Wildman–Crippen MR) is 118 cm³/mol. The highest BCUT2D eigenvalue weighted by Crippen LogP contribution is 2.33. The second kappa shape index (κ2) is 8.15. The third-order valence-corrected chi connectivity index (χ3v) is 6.13. The van der Waals surface area contributed by atoms with Crippen molar-refractivity contribution in [3.8, 4) is 11.3 Å². The fourth-order valence-corrected chi connectivity index (χ4v) is 4.35. The number of carbonyl (C=O) groups is 1. The van der Waals surface area contributed by atoms with Gasteiger partial charge in [-0.1, -0.05) is 17.7 Å². The number of rotatable bonds is 4. The molecule has 5 rings (SSSR count). The molecule has 31 heavy (non-hydrogen) atoms. The number of imidazole rings is 1. The average Bonchev–Trinajstić information content (AvgIpc) is 3.44. The second-order valence-electron chi connectivity index (χ2n) is 8.32. The van der Waals surface area contributed by atoms with Crippen LogP contribution in [0.15, 0.2) is 48.5 Å². The van der Waals surface area contributed by atoms with Crippen molar-refractivity contribution >= 4 is 17.4 Å². The van der Waals surface area contributed by atoms with Crippen LogP contribution in [0.5, 0.6) is 0 Å². The number of hydrogen-bond donors (Lipinski definition) is 2. The molecule has 2 aromatic carbocycles. The van der Waals surface area contributed by atoms with Crippen LogP contribution in [-0.2, 0) is 17.9 Å². The molecular formula is C24H26FN5O. The van der Waals surface area contributed by atoms with Crippen LogP contribution in [0.4, 0.5) is 15.9 Å². The number of fused-ring (bicyclic) bond motifs is 1. The third kappa shape index (κ3) is 3.93. The van der Waals surface area contributed by atoms with Crippen molar-refractivity contribution in [2.45, 2.75) is 26.4 Å². The largest absolute Gasteiger partial charge is 0.340 e. The Balaban J connectivity index is 1.49. The van der Waals surface area contributed by atoms with Gasteiger partial charge in [-0.15, -0.1) is 0 Å². The number of aryl methyl sites for hydroxylation is 1. The van der Waals surface area contributed by atoms with E-state index >= 15 is 0 Å². The molecule has 7 heteroatoms. The monoisotopic (exact) mass is 419 g/mol. The van der Waals surface area contributed by atoms with E-state index < -0.39 is 0 Å². The van der Waals surface area contributed by atoms with Gasteiger partial charge in [-0.3, -0.25) is 4.79 Å². The molecular weight excluding hydrogens is 393 g/mol. The molecule has 3 aromatic rings. The Bertz CT molecular complexity index is 1080. The minimum atomic E-state index is -0.275. The molecule has 1 unspecified atom stereocenters. The van der Waals surface area contributed by atoms with Crippen molar-refractivity contribution < 1.29 is 9.18 Å². The standard InChI is InChI=1S/C24H26FN5O/c1-16-2-8-20(9-3-16)27-23-22(17-4-6-19(25)7-5-17)28-21-15-29(12-13-30(21)23)24(31)18-10-11-26-14-18/h2-9,18,26-27H,10-15H2,1H3. The molecule has 1 amide bonds. The van der Waals surface area contributed by atoms with Gasteiger partial charge in [-0.05, 0) is 56.3 Å². The molecule has 2 N–H and O–H groups in total. The van der Waals surface area contributed by atoms with Crippen molar-refractivity contribution in [2.24, 2.45) is 5.92 Å². The Morgan fingerprint density at radius 3 is 2.61 bits per heavy atom. The Morgan fingerprint density at radius 2 is 1.90 bits per heavy atom. The Labute approximate surface area is 181 Å². The number of nitrogens with zero attached hydrogens (tertiary/aromatic N) is 3. The third-order valence-electron chi connectivity index (χ3n) is 6.13. The zero-order valence-corrected chi connectivity index (χ0v) is 17.6. The average molecular weight is 420 g/mol. The molecule has 2 aliphatic heterocycles. The fraction of sp³-hybridized carbons (Fsp3) is 0.333. The van der Waals surface area contributed by atoms with E-state index in [0.717, 1.165) is 48.1 Å². The number of amides is 1. The van der Waals surface area contributed by atoms with Crippen LogP contribution in [-0.4, -0.2) is 40.0 Å². The van der Waals surface area contributed by atoms with Gasteiger partial charge in [0.1, 0.15) is 23.2 Å². The van der Waals surface area contributed by atoms with Gasteiger partial charge in [0.15, 0.2) is 0 Å². The lowest BCUT2D eigenvalue weighted by Gasteiger charge is -2.30. The molecule has 160 valence electrons. The maximum atomic E-state index is 13.5. The molecule has 0 aliphatic carbocycles. The summed E-state index contributed by atoms with van der Waals surface area (Å²) in [6, 6.07) is 14.6. The van der Waals surface area contributed by atoms with E-state index in [-0.39, 0.29) is 17.6 Å². The van der Waals surface area contributed by atoms with Crippen LogP contribution >= 0.6 is 0 Å². The van der Waals surface area contributed by atoms with E-state index in [1.165, 1.54) is 17.7 Å². The molecule has 2 aliphatic rings. The van der Waals surface area contributed by atoms with Crippen LogP contribution in [0.25, 0.3) is 11.3 Å². The van der Waals surface area contributed by atoms with Gasteiger partial charge in [-0.2, -0.15) is 0 Å². The molecule has 1 fully saturated rings. The number of aromatic nitrogens is 2. The van der Waals surface area contributed by atoms with Crippen LogP contribution in [0.1, 0.15) is 17.8 Å². The van der Waals surface area contributed by atoms with Gasteiger partial charge in [0.2, 0.25) is 5.91 Å². The Hall–Kier alpha value is -3.19. The summed E-state index contributed by atoms with van der Waals surface area (Å²) in [6.45, 7) is 5.52. The summed E-state index contributed by atoms with van der Waals surface area (Å²) in [5, 5.41) is 6.79. The van der Waals surface area contributed by atoms with E-state index in [0.29, 0.717) is 19.6 Å². The first-order chi connectivity index (χ1) is 15.1. The van der Waals surface area contributed by atoms with Gasteiger partial charge in [-0.25, -0.2) is 9.37 Å². The minimum absolute atomic E-state index is 0.0586. The Morgan fingerprint density at radius 1 is 1.13 bits per heavy atom. The van der Waals surface area contributed by atoms with Crippen molar-refractivity contribution in [2.75, 3.05) is 25.0 Å². The second-order valence-corrected chi connectivity index (χ2v) is 8.32. The summed E-state index contributed by atoms with van der Waals surface area (Å²) in [7, 11) is 0. The lowest BCUT2D eigenvalue weighted by Crippen LogP contribution is -2.42. The molecule has 0 bridgehead atoms. The van der Waals surface area contributed by atoms with E-state index in [1.54, 1.807) is 12.1 Å². The number of halogens is 1. The molecule has 6 nitrogen and oxygen atoms in total. The maximum absolute atomic E-state index is 13.5. The summed E-state index contributed by atoms with van der Waals surface area (Å²) < 4.78 is 15.7. The van der Waals surface area contributed by atoms with E-state index in [1.807, 2.05) is 17.0 Å². The van der Waals surface area contributed by atoms with Crippen LogP contribution in [0, 0.1) is 18.7 Å². The van der Waals surface area contributed by atoms with Crippen molar-refractivity contribution in [1.29, 1.82) is 0 Å². The van der Waals surface area contributed by atoms with E-state index in [2.05, 4.69) is 34.3 Å². The predicted octanol–water partition coefficient (Wildman–Crippen LogP) is 3.69. The highest BCUT2D eigenvalue weighted by Gasteiger charge is 2.31. The lowest BCUT2D eigenvalue weighted by atomic mass is 10.1. The topological polar surface area (TPSA) is 62.2 Å². The van der Waals surface area contributed by atoms with Crippen LogP contribution < -0.4 is 10.6 Å².